The number of ether oxygens (including phenoxy) is 1. The molecular formula is C21H26ClNO2. The lowest BCUT2D eigenvalue weighted by molar-refractivity contribution is -0.128. The predicted molar refractivity (Wildman–Crippen MR) is 103 cm³/mol. The minimum Gasteiger partial charge on any atom is -0.481 e. The Morgan fingerprint density at radius 2 is 1.76 bits per heavy atom. The molecule has 0 aromatic heterocycles. The normalized spacial score (nSPS) is 11.8. The van der Waals surface area contributed by atoms with Crippen molar-refractivity contribution in [3.8, 4) is 5.75 Å². The summed E-state index contributed by atoms with van der Waals surface area (Å²) in [7, 11) is 0. The highest BCUT2D eigenvalue weighted by atomic mass is 35.5. The largest absolute Gasteiger partial charge is 0.481 e. The Bertz CT molecular complexity index is 698. The standard InChI is InChI=1S/C21H26ClNO2/c1-4-15-7-8-16(5-2)17(13-15)14-23-21(24)20(6-3)25-19-11-9-18(22)10-12-19/h7-13,20H,4-6,14H2,1-3H3,(H,23,24)/t20-/m1/s1. The van der Waals surface area contributed by atoms with Crippen LogP contribution in [-0.2, 0) is 24.2 Å². The monoisotopic (exact) mass is 359 g/mol. The summed E-state index contributed by atoms with van der Waals surface area (Å²) in [6.07, 6.45) is 2.03. The van der Waals surface area contributed by atoms with E-state index in [1.54, 1.807) is 24.3 Å². The number of carbonyl (C=O) groups excluding carboxylic acids is 1. The highest BCUT2D eigenvalue weighted by Gasteiger charge is 2.18. The van der Waals surface area contributed by atoms with Gasteiger partial charge in [-0.1, -0.05) is 50.6 Å². The number of aryl methyl sites for hydroxylation is 2. The van der Waals surface area contributed by atoms with E-state index in [1.807, 2.05) is 6.92 Å². The van der Waals surface area contributed by atoms with E-state index in [2.05, 4.69) is 37.4 Å². The molecule has 1 N–H and O–H groups in total. The van der Waals surface area contributed by atoms with Gasteiger partial charge in [0.15, 0.2) is 6.10 Å². The van der Waals surface area contributed by atoms with Gasteiger partial charge in [-0.3, -0.25) is 4.79 Å². The molecule has 0 saturated carbocycles. The average molecular weight is 360 g/mol. The first-order valence-corrected chi connectivity index (χ1v) is 9.25. The van der Waals surface area contributed by atoms with Crippen molar-refractivity contribution in [1.29, 1.82) is 0 Å². The van der Waals surface area contributed by atoms with E-state index in [9.17, 15) is 4.79 Å². The van der Waals surface area contributed by atoms with Crippen molar-refractivity contribution >= 4 is 17.5 Å². The molecule has 25 heavy (non-hydrogen) atoms. The van der Waals surface area contributed by atoms with Gasteiger partial charge in [0.1, 0.15) is 5.75 Å². The highest BCUT2D eigenvalue weighted by Crippen LogP contribution is 2.18. The maximum Gasteiger partial charge on any atom is 0.261 e. The van der Waals surface area contributed by atoms with Crippen molar-refractivity contribution in [1.82, 2.24) is 5.32 Å². The van der Waals surface area contributed by atoms with Gasteiger partial charge in [-0.25, -0.2) is 0 Å². The van der Waals surface area contributed by atoms with Crippen LogP contribution in [0.4, 0.5) is 0 Å². The minimum absolute atomic E-state index is 0.0959. The van der Waals surface area contributed by atoms with E-state index in [0.717, 1.165) is 12.8 Å². The number of hydrogen-bond acceptors (Lipinski definition) is 2. The van der Waals surface area contributed by atoms with Gasteiger partial charge >= 0.3 is 0 Å². The van der Waals surface area contributed by atoms with E-state index in [4.69, 9.17) is 16.3 Å². The SMILES string of the molecule is CCc1ccc(CC)c(CNC(=O)[C@@H](CC)Oc2ccc(Cl)cc2)c1. The third-order valence-electron chi connectivity index (χ3n) is 4.27. The van der Waals surface area contributed by atoms with Crippen LogP contribution in [0.1, 0.15) is 43.9 Å². The molecule has 0 spiro atoms. The lowest BCUT2D eigenvalue weighted by atomic mass is 10.0. The van der Waals surface area contributed by atoms with Crippen LogP contribution in [0.15, 0.2) is 42.5 Å². The van der Waals surface area contributed by atoms with E-state index >= 15 is 0 Å². The zero-order valence-electron chi connectivity index (χ0n) is 15.1. The van der Waals surface area contributed by atoms with E-state index in [-0.39, 0.29) is 5.91 Å². The molecule has 0 aliphatic carbocycles. The Morgan fingerprint density at radius 3 is 2.36 bits per heavy atom. The molecule has 0 aliphatic rings. The number of carbonyl (C=O) groups is 1. The summed E-state index contributed by atoms with van der Waals surface area (Å²) in [6.45, 7) is 6.73. The lowest BCUT2D eigenvalue weighted by Gasteiger charge is -2.18. The van der Waals surface area contributed by atoms with Crippen molar-refractivity contribution in [2.24, 2.45) is 0 Å². The van der Waals surface area contributed by atoms with E-state index in [1.165, 1.54) is 16.7 Å². The van der Waals surface area contributed by atoms with Crippen LogP contribution in [0.25, 0.3) is 0 Å². The number of amides is 1. The molecule has 0 saturated heterocycles. The predicted octanol–water partition coefficient (Wildman–Crippen LogP) is 4.94. The molecule has 0 bridgehead atoms. The molecule has 2 aromatic carbocycles. The van der Waals surface area contributed by atoms with Gasteiger partial charge in [-0.2, -0.15) is 0 Å². The zero-order valence-corrected chi connectivity index (χ0v) is 15.9. The van der Waals surface area contributed by atoms with Crippen LogP contribution in [0.5, 0.6) is 5.75 Å². The maximum absolute atomic E-state index is 12.5. The summed E-state index contributed by atoms with van der Waals surface area (Å²) in [6, 6.07) is 13.6. The first-order valence-electron chi connectivity index (χ1n) is 8.87. The van der Waals surface area contributed by atoms with Crippen LogP contribution < -0.4 is 10.1 Å². The molecular weight excluding hydrogens is 334 g/mol. The molecule has 3 nitrogen and oxygen atoms in total. The third-order valence-corrected chi connectivity index (χ3v) is 4.52. The van der Waals surface area contributed by atoms with Gasteiger partial charge in [-0.05, 0) is 60.2 Å². The summed E-state index contributed by atoms with van der Waals surface area (Å²) >= 11 is 5.88. The summed E-state index contributed by atoms with van der Waals surface area (Å²) in [5, 5.41) is 3.66. The second-order valence-corrected chi connectivity index (χ2v) is 6.43. The molecule has 4 heteroatoms. The van der Waals surface area contributed by atoms with Gasteiger partial charge in [0.05, 0.1) is 0 Å². The first kappa shape index (κ1) is 19.3. The van der Waals surface area contributed by atoms with Crippen molar-refractivity contribution < 1.29 is 9.53 Å². The van der Waals surface area contributed by atoms with Gasteiger partial charge in [-0.15, -0.1) is 0 Å². The van der Waals surface area contributed by atoms with Crippen LogP contribution in [0.3, 0.4) is 0 Å². The van der Waals surface area contributed by atoms with Crippen molar-refractivity contribution in [3.05, 3.63) is 64.2 Å². The van der Waals surface area contributed by atoms with Crippen molar-refractivity contribution in [2.75, 3.05) is 0 Å². The molecule has 0 radical (unpaired) electrons. The Hall–Kier alpha value is -2.00. The second kappa shape index (κ2) is 9.47. The summed E-state index contributed by atoms with van der Waals surface area (Å²) in [5.41, 5.74) is 3.73. The van der Waals surface area contributed by atoms with Crippen LogP contribution in [0.2, 0.25) is 5.02 Å². The van der Waals surface area contributed by atoms with Gasteiger partial charge in [0.2, 0.25) is 0 Å². The van der Waals surface area contributed by atoms with Gasteiger partial charge in [0.25, 0.3) is 5.91 Å². The van der Waals surface area contributed by atoms with Crippen molar-refractivity contribution in [2.45, 2.75) is 52.7 Å². The minimum atomic E-state index is -0.513. The zero-order chi connectivity index (χ0) is 18.2. The van der Waals surface area contributed by atoms with E-state index < -0.39 is 6.10 Å². The molecule has 2 rings (SSSR count). The third kappa shape index (κ3) is 5.50. The average Bonchev–Trinajstić information content (AvgIpc) is 2.65. The first-order chi connectivity index (χ1) is 12.1. The van der Waals surface area contributed by atoms with E-state index in [0.29, 0.717) is 23.7 Å². The Morgan fingerprint density at radius 1 is 1.04 bits per heavy atom. The van der Waals surface area contributed by atoms with Crippen molar-refractivity contribution in [3.63, 3.8) is 0 Å². The van der Waals surface area contributed by atoms with Gasteiger partial charge < -0.3 is 10.1 Å². The molecule has 1 amide bonds. The fraction of sp³-hybridized carbons (Fsp3) is 0.381. The molecule has 1 atom stereocenters. The molecule has 0 heterocycles. The Balaban J connectivity index is 2.01. The topological polar surface area (TPSA) is 38.3 Å². The number of hydrogen-bond donors (Lipinski definition) is 1. The molecule has 0 fully saturated rings. The maximum atomic E-state index is 12.5. The molecule has 0 aliphatic heterocycles. The van der Waals surface area contributed by atoms with Gasteiger partial charge in [0, 0.05) is 11.6 Å². The Kier molecular flexibility index (Phi) is 7.32. The fourth-order valence-electron chi connectivity index (χ4n) is 2.70. The van der Waals surface area contributed by atoms with Crippen LogP contribution >= 0.6 is 11.6 Å². The number of benzene rings is 2. The van der Waals surface area contributed by atoms with Crippen LogP contribution in [-0.4, -0.2) is 12.0 Å². The smallest absolute Gasteiger partial charge is 0.261 e. The summed E-state index contributed by atoms with van der Waals surface area (Å²) in [4.78, 5) is 12.5. The fourth-order valence-corrected chi connectivity index (χ4v) is 2.83. The lowest BCUT2D eigenvalue weighted by Crippen LogP contribution is -2.37. The Labute approximate surface area is 155 Å². The number of rotatable bonds is 8. The quantitative estimate of drug-likeness (QED) is 0.725. The summed E-state index contributed by atoms with van der Waals surface area (Å²) in [5.74, 6) is 0.551. The number of nitrogens with one attached hydrogen (secondary N) is 1. The molecule has 0 unspecified atom stereocenters. The second-order valence-electron chi connectivity index (χ2n) is 6.00. The van der Waals surface area contributed by atoms with Crippen LogP contribution in [0, 0.1) is 0 Å². The molecule has 2 aromatic rings. The molecule has 134 valence electrons. The number of halogens is 1. The summed E-state index contributed by atoms with van der Waals surface area (Å²) < 4.78 is 5.80. The highest BCUT2D eigenvalue weighted by molar-refractivity contribution is 6.30.